The Balaban J connectivity index is 2.58. The van der Waals surface area contributed by atoms with E-state index in [0.717, 1.165) is 19.6 Å². The molecule has 0 bridgehead atoms. The van der Waals surface area contributed by atoms with Crippen molar-refractivity contribution in [3.63, 3.8) is 0 Å². The van der Waals surface area contributed by atoms with Crippen LogP contribution in [0, 0.1) is 0 Å². The molecule has 1 fully saturated rings. The van der Waals surface area contributed by atoms with Gasteiger partial charge in [0.2, 0.25) is 0 Å². The lowest BCUT2D eigenvalue weighted by atomic mass is 10.2. The van der Waals surface area contributed by atoms with Gasteiger partial charge < -0.3 is 9.16 Å². The van der Waals surface area contributed by atoms with E-state index in [0.29, 0.717) is 26.7 Å². The lowest BCUT2D eigenvalue weighted by molar-refractivity contribution is 0.0909. The van der Waals surface area contributed by atoms with Crippen LogP contribution in [-0.2, 0) is 9.16 Å². The molecule has 1 aliphatic heterocycles. The van der Waals surface area contributed by atoms with E-state index in [1.807, 2.05) is 0 Å². The molecule has 0 unspecified atom stereocenters. The minimum Gasteiger partial charge on any atom is -0.416 e. The second-order valence-electron chi connectivity index (χ2n) is 6.67. The average Bonchev–Trinajstić information content (AvgIpc) is 2.69. The van der Waals surface area contributed by atoms with Crippen molar-refractivity contribution in [2.45, 2.75) is 81.0 Å². The van der Waals surface area contributed by atoms with Crippen molar-refractivity contribution in [1.82, 2.24) is 0 Å². The van der Waals surface area contributed by atoms with Crippen molar-refractivity contribution in [3.05, 3.63) is 0 Å². The Bertz CT molecular complexity index is 247. The molecule has 1 saturated heterocycles. The van der Waals surface area contributed by atoms with Crippen LogP contribution in [0.3, 0.4) is 0 Å². The maximum Gasteiger partial charge on any atom is 0.200 e. The second-order valence-corrected chi connectivity index (χ2v) is 13.7. The Labute approximate surface area is 134 Å². The van der Waals surface area contributed by atoms with Crippen LogP contribution in [-0.4, -0.2) is 31.6 Å². The van der Waals surface area contributed by atoms with Crippen molar-refractivity contribution in [2.24, 2.45) is 0 Å². The van der Waals surface area contributed by atoms with E-state index in [1.54, 1.807) is 0 Å². The number of rotatable bonds is 7. The molecular weight excluding hydrogens is 367 g/mol. The fourth-order valence-corrected chi connectivity index (χ4v) is 10.0. The van der Waals surface area contributed by atoms with Gasteiger partial charge in [-0.25, -0.2) is 0 Å². The summed E-state index contributed by atoms with van der Waals surface area (Å²) >= 11 is 2.53. The quantitative estimate of drug-likeness (QED) is 0.335. The maximum absolute atomic E-state index is 6.58. The van der Waals surface area contributed by atoms with Crippen molar-refractivity contribution in [3.8, 4) is 0 Å². The minimum absolute atomic E-state index is 0.416. The Morgan fingerprint density at radius 3 is 2.00 bits per heavy atom. The summed E-state index contributed by atoms with van der Waals surface area (Å²) in [4.78, 5) is 0. The Morgan fingerprint density at radius 2 is 1.63 bits per heavy atom. The van der Waals surface area contributed by atoms with Gasteiger partial charge >= 0.3 is 0 Å². The summed E-state index contributed by atoms with van der Waals surface area (Å²) < 4.78 is 13.0. The summed E-state index contributed by atoms with van der Waals surface area (Å²) in [5.74, 6) is 0. The van der Waals surface area contributed by atoms with Crippen LogP contribution in [0.2, 0.25) is 16.6 Å². The number of halogens is 1. The van der Waals surface area contributed by atoms with Crippen LogP contribution in [0.15, 0.2) is 0 Å². The van der Waals surface area contributed by atoms with E-state index < -0.39 is 8.32 Å². The fourth-order valence-electron chi connectivity index (χ4n) is 3.74. The van der Waals surface area contributed by atoms with Crippen LogP contribution >= 0.6 is 22.6 Å². The zero-order chi connectivity index (χ0) is 14.6. The van der Waals surface area contributed by atoms with Crippen LogP contribution in [0.4, 0.5) is 0 Å². The smallest absolute Gasteiger partial charge is 0.200 e. The van der Waals surface area contributed by atoms with E-state index in [9.17, 15) is 0 Å². The summed E-state index contributed by atoms with van der Waals surface area (Å²) in [7, 11) is -1.68. The monoisotopic (exact) mass is 398 g/mol. The molecule has 2 nitrogen and oxygen atoms in total. The zero-order valence-corrected chi connectivity index (χ0v) is 16.6. The third-order valence-corrected chi connectivity index (χ3v) is 12.1. The van der Waals surface area contributed by atoms with Crippen LogP contribution in [0.25, 0.3) is 0 Å². The molecule has 4 heteroatoms. The fraction of sp³-hybridized carbons (Fsp3) is 1.00. The van der Waals surface area contributed by atoms with E-state index >= 15 is 0 Å². The summed E-state index contributed by atoms with van der Waals surface area (Å²) in [6.45, 7) is 15.9. The van der Waals surface area contributed by atoms with Crippen molar-refractivity contribution >= 4 is 30.9 Å². The standard InChI is InChI=1S/C15H31IO2Si/c1-11(2)19(12(3)4,13(5)6)18-10-8-15-14(16)7-9-17-15/h11-15H,7-10H2,1-6H3/t14-,15+/m1/s1. The predicted octanol–water partition coefficient (Wildman–Crippen LogP) is 5.16. The molecule has 0 amide bonds. The molecule has 114 valence electrons. The van der Waals surface area contributed by atoms with Gasteiger partial charge in [0.25, 0.3) is 0 Å². The highest BCUT2D eigenvalue weighted by atomic mass is 127. The van der Waals surface area contributed by atoms with E-state index in [1.165, 1.54) is 6.42 Å². The zero-order valence-electron chi connectivity index (χ0n) is 13.4. The number of hydrogen-bond donors (Lipinski definition) is 0. The van der Waals surface area contributed by atoms with Gasteiger partial charge in [0.15, 0.2) is 8.32 Å². The molecule has 0 aromatic carbocycles. The third kappa shape index (κ3) is 4.17. The van der Waals surface area contributed by atoms with Gasteiger partial charge in [0.1, 0.15) is 0 Å². The van der Waals surface area contributed by atoms with Crippen LogP contribution in [0.1, 0.15) is 54.4 Å². The Hall–Kier alpha value is 0.867. The van der Waals surface area contributed by atoms with E-state index in [4.69, 9.17) is 9.16 Å². The highest BCUT2D eigenvalue weighted by molar-refractivity contribution is 14.1. The highest BCUT2D eigenvalue weighted by Crippen LogP contribution is 2.42. The SMILES string of the molecule is CC(C)[Si](OCC[C@@H]1OCC[C@H]1I)(C(C)C)C(C)C. The molecule has 19 heavy (non-hydrogen) atoms. The molecule has 1 heterocycles. The largest absolute Gasteiger partial charge is 0.416 e. The minimum atomic E-state index is -1.68. The first-order valence-corrected chi connectivity index (χ1v) is 11.1. The van der Waals surface area contributed by atoms with Crippen molar-refractivity contribution in [1.29, 1.82) is 0 Å². The lowest BCUT2D eigenvalue weighted by Gasteiger charge is -2.42. The first-order chi connectivity index (χ1) is 8.82. The Kier molecular flexibility index (Phi) is 7.31. The predicted molar refractivity (Wildman–Crippen MR) is 93.8 cm³/mol. The summed E-state index contributed by atoms with van der Waals surface area (Å²) in [5.41, 5.74) is 2.02. The molecule has 1 rings (SSSR count). The molecular formula is C15H31IO2Si. The number of hydrogen-bond acceptors (Lipinski definition) is 2. The lowest BCUT2D eigenvalue weighted by Crippen LogP contribution is -2.48. The molecule has 1 aliphatic rings. The number of ether oxygens (including phenoxy) is 1. The molecule has 0 aromatic heterocycles. The van der Waals surface area contributed by atoms with Crippen molar-refractivity contribution < 1.29 is 9.16 Å². The second kappa shape index (κ2) is 7.76. The van der Waals surface area contributed by atoms with Gasteiger partial charge in [-0.1, -0.05) is 64.1 Å². The van der Waals surface area contributed by atoms with E-state index in [2.05, 4.69) is 64.1 Å². The van der Waals surface area contributed by atoms with Gasteiger partial charge in [-0.2, -0.15) is 0 Å². The molecule has 0 aromatic rings. The highest BCUT2D eigenvalue weighted by Gasteiger charge is 2.45. The average molecular weight is 398 g/mol. The van der Waals surface area contributed by atoms with E-state index in [-0.39, 0.29) is 0 Å². The van der Waals surface area contributed by atoms with Crippen molar-refractivity contribution in [2.75, 3.05) is 13.2 Å². The molecule has 0 radical (unpaired) electrons. The Morgan fingerprint density at radius 1 is 1.11 bits per heavy atom. The van der Waals surface area contributed by atoms with Crippen LogP contribution < -0.4 is 0 Å². The third-order valence-electron chi connectivity index (χ3n) is 4.59. The van der Waals surface area contributed by atoms with Gasteiger partial charge in [0, 0.05) is 17.1 Å². The summed E-state index contributed by atoms with van der Waals surface area (Å²) in [5, 5.41) is 0. The molecule has 0 saturated carbocycles. The topological polar surface area (TPSA) is 18.5 Å². The molecule has 2 atom stereocenters. The van der Waals surface area contributed by atoms with Gasteiger partial charge in [-0.05, 0) is 29.5 Å². The summed E-state index contributed by atoms with van der Waals surface area (Å²) in [6, 6.07) is 0. The molecule has 0 spiro atoms. The van der Waals surface area contributed by atoms with Gasteiger partial charge in [0.05, 0.1) is 6.10 Å². The molecule has 0 aliphatic carbocycles. The van der Waals surface area contributed by atoms with Gasteiger partial charge in [-0.15, -0.1) is 0 Å². The normalized spacial score (nSPS) is 24.9. The molecule has 0 N–H and O–H groups in total. The maximum atomic E-state index is 6.58. The van der Waals surface area contributed by atoms with Gasteiger partial charge in [-0.3, -0.25) is 0 Å². The first-order valence-electron chi connectivity index (χ1n) is 7.72. The number of alkyl halides is 1. The van der Waals surface area contributed by atoms with Crippen LogP contribution in [0.5, 0.6) is 0 Å². The first kappa shape index (κ1) is 17.9. The summed E-state index contributed by atoms with van der Waals surface area (Å²) in [6.07, 6.45) is 2.68.